The lowest BCUT2D eigenvalue weighted by Gasteiger charge is -2.31. The number of sulfonamides is 2. The van der Waals surface area contributed by atoms with Gasteiger partial charge in [-0.3, -0.25) is 9.10 Å². The van der Waals surface area contributed by atoms with Crippen LogP contribution in [0.2, 0.25) is 5.02 Å². The molecule has 0 aromatic heterocycles. The van der Waals surface area contributed by atoms with Gasteiger partial charge in [-0.2, -0.15) is 4.31 Å². The van der Waals surface area contributed by atoms with E-state index in [1.54, 1.807) is 18.2 Å². The van der Waals surface area contributed by atoms with E-state index in [1.807, 2.05) is 0 Å². The number of hydrogen-bond donors (Lipinski definition) is 1. The lowest BCUT2D eigenvalue weighted by Crippen LogP contribution is -2.43. The first-order valence-corrected chi connectivity index (χ1v) is 15.8. The van der Waals surface area contributed by atoms with Gasteiger partial charge in [-0.15, -0.1) is 0 Å². The third kappa shape index (κ3) is 5.40. The molecule has 212 valence electrons. The zero-order valence-electron chi connectivity index (χ0n) is 21.5. The van der Waals surface area contributed by atoms with E-state index in [-0.39, 0.29) is 35.2 Å². The van der Waals surface area contributed by atoms with Crippen LogP contribution in [0.4, 0.5) is 15.8 Å². The number of halogens is 2. The van der Waals surface area contributed by atoms with Crippen molar-refractivity contribution in [1.29, 1.82) is 0 Å². The summed E-state index contributed by atoms with van der Waals surface area (Å²) in [5.41, 5.74) is 1.70. The van der Waals surface area contributed by atoms with Crippen LogP contribution in [0.25, 0.3) is 0 Å². The highest BCUT2D eigenvalue weighted by Gasteiger charge is 2.36. The molecule has 9 nitrogen and oxygen atoms in total. The summed E-state index contributed by atoms with van der Waals surface area (Å²) in [5, 5.41) is 3.25. The molecule has 0 bridgehead atoms. The van der Waals surface area contributed by atoms with Gasteiger partial charge in [0.25, 0.3) is 10.0 Å². The van der Waals surface area contributed by atoms with Crippen molar-refractivity contribution in [2.75, 3.05) is 36.4 Å². The quantitative estimate of drug-likeness (QED) is 0.429. The van der Waals surface area contributed by atoms with Gasteiger partial charge < -0.3 is 10.1 Å². The number of nitrogens with zero attached hydrogens (tertiary/aromatic N) is 2. The molecule has 2 aliphatic rings. The molecular formula is C27H27ClFN3O6S2. The van der Waals surface area contributed by atoms with Crippen LogP contribution in [0.15, 0.2) is 70.5 Å². The molecule has 2 heterocycles. The zero-order valence-corrected chi connectivity index (χ0v) is 23.9. The molecule has 0 radical (unpaired) electrons. The summed E-state index contributed by atoms with van der Waals surface area (Å²) in [4.78, 5) is 13.0. The van der Waals surface area contributed by atoms with Gasteiger partial charge in [-0.1, -0.05) is 17.7 Å². The van der Waals surface area contributed by atoms with Gasteiger partial charge >= 0.3 is 0 Å². The van der Waals surface area contributed by atoms with Crippen molar-refractivity contribution >= 4 is 48.9 Å². The number of carbonyl (C=O) groups excluding carboxylic acids is 1. The average Bonchev–Trinajstić information content (AvgIpc) is 3.37. The molecule has 0 aliphatic carbocycles. The first kappa shape index (κ1) is 28.3. The maximum Gasteiger partial charge on any atom is 0.264 e. The van der Waals surface area contributed by atoms with Gasteiger partial charge in [0, 0.05) is 30.3 Å². The highest BCUT2D eigenvalue weighted by atomic mass is 35.5. The summed E-state index contributed by atoms with van der Waals surface area (Å²) in [6.07, 6.45) is 1.42. The zero-order chi connectivity index (χ0) is 28.7. The van der Waals surface area contributed by atoms with E-state index in [9.17, 15) is 26.0 Å². The number of hydrogen-bond acceptors (Lipinski definition) is 6. The standard InChI is InChI=1S/C27H27ClFN3O6S2/c1-38-25-11-7-21(29)15-26(25)40(36,37)31-13-2-3-19(17-31)27(33)30-22-8-4-18-12-14-32(24(18)16-22)39(34,35)23-9-5-20(28)6-10-23/h4-11,15-16,19H,2-3,12-14,17H2,1H3,(H,30,33). The minimum absolute atomic E-state index is 0.0178. The summed E-state index contributed by atoms with van der Waals surface area (Å²) in [6, 6.07) is 14.3. The summed E-state index contributed by atoms with van der Waals surface area (Å²) in [6.45, 7) is 0.356. The Morgan fingerprint density at radius 1 is 1.00 bits per heavy atom. The Labute approximate surface area is 237 Å². The number of nitrogens with one attached hydrogen (secondary N) is 1. The predicted octanol–water partition coefficient (Wildman–Crippen LogP) is 4.28. The molecule has 2 aliphatic heterocycles. The van der Waals surface area contributed by atoms with E-state index in [2.05, 4.69) is 5.32 Å². The Morgan fingerprint density at radius 3 is 2.48 bits per heavy atom. The number of anilines is 2. The second-order valence-electron chi connectivity index (χ2n) is 9.61. The number of carbonyl (C=O) groups is 1. The van der Waals surface area contributed by atoms with Gasteiger partial charge in [0.15, 0.2) is 0 Å². The number of fused-ring (bicyclic) bond motifs is 1. The molecule has 1 N–H and O–H groups in total. The van der Waals surface area contributed by atoms with Crippen molar-refractivity contribution in [3.8, 4) is 5.75 Å². The number of piperidine rings is 1. The third-order valence-electron chi connectivity index (χ3n) is 7.11. The minimum Gasteiger partial charge on any atom is -0.495 e. The fourth-order valence-electron chi connectivity index (χ4n) is 5.02. The lowest BCUT2D eigenvalue weighted by molar-refractivity contribution is -0.120. The Kier molecular flexibility index (Phi) is 7.79. The molecule has 1 atom stereocenters. The van der Waals surface area contributed by atoms with E-state index in [0.717, 1.165) is 17.7 Å². The molecule has 0 saturated carbocycles. The molecule has 13 heteroatoms. The molecule has 1 unspecified atom stereocenters. The molecule has 0 spiro atoms. The molecule has 1 saturated heterocycles. The predicted molar refractivity (Wildman–Crippen MR) is 149 cm³/mol. The van der Waals surface area contributed by atoms with Gasteiger partial charge in [-0.25, -0.2) is 21.2 Å². The average molecular weight is 608 g/mol. The smallest absolute Gasteiger partial charge is 0.264 e. The Morgan fingerprint density at radius 2 is 1.75 bits per heavy atom. The second-order valence-corrected chi connectivity index (χ2v) is 13.8. The monoisotopic (exact) mass is 607 g/mol. The lowest BCUT2D eigenvalue weighted by atomic mass is 9.98. The Balaban J connectivity index is 1.33. The largest absolute Gasteiger partial charge is 0.495 e. The first-order chi connectivity index (χ1) is 19.0. The van der Waals surface area contributed by atoms with Crippen LogP contribution >= 0.6 is 11.6 Å². The fraction of sp³-hybridized carbons (Fsp3) is 0.296. The van der Waals surface area contributed by atoms with Crippen molar-refractivity contribution in [2.24, 2.45) is 5.92 Å². The second kappa shape index (κ2) is 11.0. The summed E-state index contributed by atoms with van der Waals surface area (Å²) in [7, 11) is -6.66. The van der Waals surface area contributed by atoms with Crippen molar-refractivity contribution < 1.29 is 30.8 Å². The van der Waals surface area contributed by atoms with E-state index < -0.39 is 37.7 Å². The summed E-state index contributed by atoms with van der Waals surface area (Å²) >= 11 is 5.92. The van der Waals surface area contributed by atoms with Crippen LogP contribution in [0, 0.1) is 11.7 Å². The molecule has 1 fully saturated rings. The van der Waals surface area contributed by atoms with Crippen LogP contribution in [0.1, 0.15) is 18.4 Å². The van der Waals surface area contributed by atoms with Gasteiger partial charge in [-0.05, 0) is 79.4 Å². The van der Waals surface area contributed by atoms with Crippen LogP contribution in [-0.4, -0.2) is 53.8 Å². The van der Waals surface area contributed by atoms with E-state index in [0.29, 0.717) is 35.7 Å². The maximum absolute atomic E-state index is 13.9. The van der Waals surface area contributed by atoms with Crippen molar-refractivity contribution in [2.45, 2.75) is 29.1 Å². The molecule has 3 aromatic rings. The third-order valence-corrected chi connectivity index (χ3v) is 11.1. The highest BCUT2D eigenvalue weighted by molar-refractivity contribution is 7.92. The maximum atomic E-state index is 13.9. The number of methoxy groups -OCH3 is 1. The van der Waals surface area contributed by atoms with E-state index in [4.69, 9.17) is 16.3 Å². The van der Waals surface area contributed by atoms with Gasteiger partial charge in [0.05, 0.1) is 23.6 Å². The van der Waals surface area contributed by atoms with Gasteiger partial charge in [0.1, 0.15) is 16.5 Å². The number of rotatable bonds is 7. The number of ether oxygens (including phenoxy) is 1. The molecule has 1 amide bonds. The molecule has 40 heavy (non-hydrogen) atoms. The fourth-order valence-corrected chi connectivity index (χ4v) is 8.33. The minimum atomic E-state index is -4.12. The van der Waals surface area contributed by atoms with Crippen molar-refractivity contribution in [1.82, 2.24) is 4.31 Å². The normalized spacial score (nSPS) is 17.9. The van der Waals surface area contributed by atoms with Crippen LogP contribution in [-0.2, 0) is 31.3 Å². The van der Waals surface area contributed by atoms with Gasteiger partial charge in [0.2, 0.25) is 15.9 Å². The summed E-state index contributed by atoms with van der Waals surface area (Å²) in [5.74, 6) is -1.75. The van der Waals surface area contributed by atoms with E-state index in [1.165, 1.54) is 46.1 Å². The highest BCUT2D eigenvalue weighted by Crippen LogP contribution is 2.36. The van der Waals surface area contributed by atoms with Crippen LogP contribution < -0.4 is 14.4 Å². The topological polar surface area (TPSA) is 113 Å². The first-order valence-electron chi connectivity index (χ1n) is 12.6. The molecule has 3 aromatic carbocycles. The van der Waals surface area contributed by atoms with E-state index >= 15 is 0 Å². The summed E-state index contributed by atoms with van der Waals surface area (Å²) < 4.78 is 74.7. The Hall–Kier alpha value is -3.19. The van der Waals surface area contributed by atoms with Crippen LogP contribution in [0.5, 0.6) is 5.75 Å². The van der Waals surface area contributed by atoms with Crippen LogP contribution in [0.3, 0.4) is 0 Å². The SMILES string of the molecule is COc1ccc(F)cc1S(=O)(=O)N1CCCC(C(=O)Nc2ccc3c(c2)N(S(=O)(=O)c2ccc(Cl)cc2)CC3)C1. The van der Waals surface area contributed by atoms with Crippen molar-refractivity contribution in [3.05, 3.63) is 77.1 Å². The molecular weight excluding hydrogens is 581 g/mol. The Bertz CT molecular complexity index is 1670. The van der Waals surface area contributed by atoms with Crippen molar-refractivity contribution in [3.63, 3.8) is 0 Å². The number of amides is 1. The number of benzene rings is 3. The molecule has 5 rings (SSSR count).